The normalized spacial score (nSPS) is 11.0. The standard InChI is InChI=1S/C24H25NO4/c1-27-21-13-9-19(10-14-21)24(25-17-23(26)29-3,18-7-5-4-6-8-18)20-11-15-22(28-2)16-12-20/h4-16,25H,17H2,1-3H3. The van der Waals surface area contributed by atoms with E-state index in [1.54, 1.807) is 14.2 Å². The maximum atomic E-state index is 12.0. The van der Waals surface area contributed by atoms with Crippen molar-refractivity contribution in [2.24, 2.45) is 0 Å². The van der Waals surface area contributed by atoms with Crippen LogP contribution in [-0.4, -0.2) is 33.8 Å². The number of carbonyl (C=O) groups excluding carboxylic acids is 1. The van der Waals surface area contributed by atoms with E-state index in [0.717, 1.165) is 28.2 Å². The summed E-state index contributed by atoms with van der Waals surface area (Å²) >= 11 is 0. The molecule has 0 unspecified atom stereocenters. The topological polar surface area (TPSA) is 56.8 Å². The van der Waals surface area contributed by atoms with Gasteiger partial charge in [-0.2, -0.15) is 0 Å². The van der Waals surface area contributed by atoms with Crippen molar-refractivity contribution in [1.82, 2.24) is 5.32 Å². The average Bonchev–Trinajstić information content (AvgIpc) is 2.80. The van der Waals surface area contributed by atoms with E-state index in [9.17, 15) is 4.79 Å². The highest BCUT2D eigenvalue weighted by Gasteiger charge is 2.36. The summed E-state index contributed by atoms with van der Waals surface area (Å²) < 4.78 is 15.5. The fourth-order valence-corrected chi connectivity index (χ4v) is 3.45. The van der Waals surface area contributed by atoms with Crippen LogP contribution in [-0.2, 0) is 15.1 Å². The van der Waals surface area contributed by atoms with Crippen LogP contribution in [0.25, 0.3) is 0 Å². The molecule has 0 aliphatic rings. The lowest BCUT2D eigenvalue weighted by Crippen LogP contribution is -2.47. The number of rotatable bonds is 8. The minimum atomic E-state index is -0.770. The Bertz CT molecular complexity index is 874. The number of methoxy groups -OCH3 is 3. The molecule has 0 amide bonds. The molecule has 0 saturated carbocycles. The molecule has 0 heterocycles. The highest BCUT2D eigenvalue weighted by atomic mass is 16.5. The van der Waals surface area contributed by atoms with Crippen LogP contribution < -0.4 is 14.8 Å². The van der Waals surface area contributed by atoms with E-state index in [0.29, 0.717) is 0 Å². The first-order chi connectivity index (χ1) is 14.1. The van der Waals surface area contributed by atoms with Gasteiger partial charge in [-0.3, -0.25) is 10.1 Å². The van der Waals surface area contributed by atoms with Crippen molar-refractivity contribution >= 4 is 5.97 Å². The maximum absolute atomic E-state index is 12.0. The Balaban J connectivity index is 2.22. The van der Waals surface area contributed by atoms with Crippen LogP contribution in [0.2, 0.25) is 0 Å². The van der Waals surface area contributed by atoms with Crippen molar-refractivity contribution in [3.8, 4) is 11.5 Å². The molecule has 3 rings (SSSR count). The molecule has 3 aromatic carbocycles. The number of nitrogens with one attached hydrogen (secondary N) is 1. The summed E-state index contributed by atoms with van der Waals surface area (Å²) in [7, 11) is 4.66. The number of esters is 1. The fourth-order valence-electron chi connectivity index (χ4n) is 3.45. The van der Waals surface area contributed by atoms with Gasteiger partial charge in [0.2, 0.25) is 0 Å². The molecule has 0 spiro atoms. The molecule has 0 atom stereocenters. The third kappa shape index (κ3) is 4.25. The Morgan fingerprint density at radius 2 is 1.17 bits per heavy atom. The van der Waals surface area contributed by atoms with E-state index in [2.05, 4.69) is 5.32 Å². The van der Waals surface area contributed by atoms with E-state index in [-0.39, 0.29) is 12.5 Å². The molecule has 3 aromatic rings. The number of benzene rings is 3. The second-order valence-corrected chi connectivity index (χ2v) is 6.50. The third-order valence-corrected chi connectivity index (χ3v) is 4.98. The van der Waals surface area contributed by atoms with Gasteiger partial charge in [-0.15, -0.1) is 0 Å². The minimum Gasteiger partial charge on any atom is -0.497 e. The molecular weight excluding hydrogens is 366 g/mol. The molecule has 0 fully saturated rings. The fraction of sp³-hybridized carbons (Fsp3) is 0.208. The van der Waals surface area contributed by atoms with E-state index in [4.69, 9.17) is 14.2 Å². The van der Waals surface area contributed by atoms with Crippen molar-refractivity contribution in [2.45, 2.75) is 5.54 Å². The number of ether oxygens (including phenoxy) is 3. The van der Waals surface area contributed by atoms with Crippen molar-refractivity contribution < 1.29 is 19.0 Å². The Kier molecular flexibility index (Phi) is 6.52. The van der Waals surface area contributed by atoms with Gasteiger partial charge in [0, 0.05) is 0 Å². The molecule has 0 bridgehead atoms. The van der Waals surface area contributed by atoms with Crippen LogP contribution in [0.4, 0.5) is 0 Å². The van der Waals surface area contributed by atoms with Crippen LogP contribution in [0.15, 0.2) is 78.9 Å². The van der Waals surface area contributed by atoms with E-state index in [1.807, 2.05) is 78.9 Å². The lowest BCUT2D eigenvalue weighted by molar-refractivity contribution is -0.139. The summed E-state index contributed by atoms with van der Waals surface area (Å²) in [4.78, 5) is 12.0. The minimum absolute atomic E-state index is 0.0451. The number of hydrogen-bond donors (Lipinski definition) is 1. The number of carbonyl (C=O) groups is 1. The van der Waals surface area contributed by atoms with Gasteiger partial charge in [0.05, 0.1) is 33.4 Å². The van der Waals surface area contributed by atoms with Gasteiger partial charge in [0.15, 0.2) is 0 Å². The smallest absolute Gasteiger partial charge is 0.319 e. The van der Waals surface area contributed by atoms with E-state index < -0.39 is 5.54 Å². The molecular formula is C24H25NO4. The lowest BCUT2D eigenvalue weighted by Gasteiger charge is -2.37. The van der Waals surface area contributed by atoms with Gasteiger partial charge in [-0.05, 0) is 41.0 Å². The summed E-state index contributed by atoms with van der Waals surface area (Å²) in [5.74, 6) is 1.18. The summed E-state index contributed by atoms with van der Waals surface area (Å²) in [5, 5.41) is 3.45. The first-order valence-electron chi connectivity index (χ1n) is 9.30. The zero-order chi connectivity index (χ0) is 20.7. The quantitative estimate of drug-likeness (QED) is 0.468. The monoisotopic (exact) mass is 391 g/mol. The predicted octanol–water partition coefficient (Wildman–Crippen LogP) is 3.76. The largest absolute Gasteiger partial charge is 0.497 e. The van der Waals surface area contributed by atoms with Crippen LogP contribution in [0.3, 0.4) is 0 Å². The molecule has 0 radical (unpaired) electrons. The molecule has 5 nitrogen and oxygen atoms in total. The van der Waals surface area contributed by atoms with Gasteiger partial charge in [-0.1, -0.05) is 54.6 Å². The van der Waals surface area contributed by atoms with Gasteiger partial charge < -0.3 is 14.2 Å². The van der Waals surface area contributed by atoms with Gasteiger partial charge in [0.25, 0.3) is 0 Å². The zero-order valence-electron chi connectivity index (χ0n) is 16.8. The summed E-state index contributed by atoms with van der Waals surface area (Å²) in [6.45, 7) is 0.0451. The highest BCUT2D eigenvalue weighted by Crippen LogP contribution is 2.38. The molecule has 0 aliphatic carbocycles. The summed E-state index contributed by atoms with van der Waals surface area (Å²) in [6, 6.07) is 25.7. The number of hydrogen-bond acceptors (Lipinski definition) is 5. The zero-order valence-corrected chi connectivity index (χ0v) is 16.8. The van der Waals surface area contributed by atoms with Crippen molar-refractivity contribution in [3.05, 3.63) is 95.6 Å². The van der Waals surface area contributed by atoms with E-state index >= 15 is 0 Å². The van der Waals surface area contributed by atoms with Crippen molar-refractivity contribution in [3.63, 3.8) is 0 Å². The third-order valence-electron chi connectivity index (χ3n) is 4.98. The molecule has 0 aliphatic heterocycles. The summed E-state index contributed by atoms with van der Waals surface area (Å²) in [5.41, 5.74) is 2.17. The Morgan fingerprint density at radius 1 is 0.724 bits per heavy atom. The second-order valence-electron chi connectivity index (χ2n) is 6.50. The molecule has 0 aromatic heterocycles. The second kappa shape index (κ2) is 9.26. The summed E-state index contributed by atoms with van der Waals surface area (Å²) in [6.07, 6.45) is 0. The molecule has 150 valence electrons. The predicted molar refractivity (Wildman–Crippen MR) is 112 cm³/mol. The van der Waals surface area contributed by atoms with Crippen molar-refractivity contribution in [1.29, 1.82) is 0 Å². The Morgan fingerprint density at radius 3 is 1.59 bits per heavy atom. The van der Waals surface area contributed by atoms with E-state index in [1.165, 1.54) is 7.11 Å². The van der Waals surface area contributed by atoms with Gasteiger partial charge in [0.1, 0.15) is 11.5 Å². The van der Waals surface area contributed by atoms with Crippen molar-refractivity contribution in [2.75, 3.05) is 27.9 Å². The van der Waals surface area contributed by atoms with Crippen LogP contribution >= 0.6 is 0 Å². The lowest BCUT2D eigenvalue weighted by atomic mass is 9.77. The molecule has 0 saturated heterocycles. The molecule has 29 heavy (non-hydrogen) atoms. The average molecular weight is 391 g/mol. The maximum Gasteiger partial charge on any atom is 0.319 e. The first-order valence-corrected chi connectivity index (χ1v) is 9.30. The van der Waals surface area contributed by atoms with Gasteiger partial charge >= 0.3 is 5.97 Å². The Hall–Kier alpha value is -3.31. The molecule has 1 N–H and O–H groups in total. The van der Waals surface area contributed by atoms with Crippen LogP contribution in [0.1, 0.15) is 16.7 Å². The highest BCUT2D eigenvalue weighted by molar-refractivity contribution is 5.72. The molecule has 5 heteroatoms. The van der Waals surface area contributed by atoms with Crippen LogP contribution in [0.5, 0.6) is 11.5 Å². The van der Waals surface area contributed by atoms with Gasteiger partial charge in [-0.25, -0.2) is 0 Å². The Labute approximate surface area is 171 Å². The van der Waals surface area contributed by atoms with Crippen LogP contribution in [0, 0.1) is 0 Å². The first kappa shape index (κ1) is 20.4. The SMILES string of the molecule is COC(=O)CNC(c1ccccc1)(c1ccc(OC)cc1)c1ccc(OC)cc1.